The summed E-state index contributed by atoms with van der Waals surface area (Å²) < 4.78 is 20.9. The molecule has 0 fully saturated rings. The first kappa shape index (κ1) is 20.5. The number of nitrogens with one attached hydrogen (secondary N) is 1. The number of carbonyl (C=O) groups excluding carboxylic acids is 1. The summed E-state index contributed by atoms with van der Waals surface area (Å²) in [6.45, 7) is 6.00. The molecule has 0 aliphatic carbocycles. The standard InChI is InChI=1S/C24H23FN4O2/c1-15-13-21(24-28-27-23(31-24)19-9-11-20(25)12-10-19)17(3)29(15)14-22(30)26-16(2)18-7-5-4-6-8-18/h4-13,16H,14H2,1-3H3,(H,26,30). The van der Waals surface area contributed by atoms with Crippen LogP contribution >= 0.6 is 0 Å². The molecule has 2 aromatic heterocycles. The maximum atomic E-state index is 13.2. The monoisotopic (exact) mass is 418 g/mol. The van der Waals surface area contributed by atoms with Crippen LogP contribution in [0.4, 0.5) is 4.39 Å². The molecule has 0 radical (unpaired) electrons. The maximum Gasteiger partial charge on any atom is 0.249 e. The molecule has 7 heteroatoms. The lowest BCUT2D eigenvalue weighted by Crippen LogP contribution is -2.30. The van der Waals surface area contributed by atoms with Crippen molar-refractivity contribution in [3.8, 4) is 22.9 Å². The smallest absolute Gasteiger partial charge is 0.249 e. The van der Waals surface area contributed by atoms with Crippen LogP contribution in [0.3, 0.4) is 0 Å². The zero-order valence-corrected chi connectivity index (χ0v) is 17.6. The van der Waals surface area contributed by atoms with Crippen LogP contribution in [0.1, 0.15) is 29.9 Å². The molecule has 0 bridgehead atoms. The third-order valence-electron chi connectivity index (χ3n) is 5.30. The molecule has 4 aromatic rings. The summed E-state index contributed by atoms with van der Waals surface area (Å²) in [5.74, 6) is 0.264. The van der Waals surface area contributed by atoms with Gasteiger partial charge in [-0.1, -0.05) is 30.3 Å². The summed E-state index contributed by atoms with van der Waals surface area (Å²) in [5.41, 5.74) is 4.23. The quantitative estimate of drug-likeness (QED) is 0.486. The van der Waals surface area contributed by atoms with E-state index in [0.29, 0.717) is 17.3 Å². The number of aromatic nitrogens is 3. The van der Waals surface area contributed by atoms with Gasteiger partial charge in [-0.3, -0.25) is 4.79 Å². The topological polar surface area (TPSA) is 73.0 Å². The minimum Gasteiger partial charge on any atom is -0.416 e. The van der Waals surface area contributed by atoms with Gasteiger partial charge in [-0.05, 0) is 56.7 Å². The van der Waals surface area contributed by atoms with Gasteiger partial charge < -0.3 is 14.3 Å². The van der Waals surface area contributed by atoms with Crippen LogP contribution in [0.25, 0.3) is 22.9 Å². The molecule has 0 saturated heterocycles. The summed E-state index contributed by atoms with van der Waals surface area (Å²) in [6, 6.07) is 17.6. The van der Waals surface area contributed by atoms with Crippen molar-refractivity contribution in [2.45, 2.75) is 33.4 Å². The number of benzene rings is 2. The Morgan fingerprint density at radius 3 is 2.45 bits per heavy atom. The molecule has 0 spiro atoms. The number of amides is 1. The van der Waals surface area contributed by atoms with Gasteiger partial charge >= 0.3 is 0 Å². The molecule has 1 amide bonds. The van der Waals surface area contributed by atoms with Gasteiger partial charge in [-0.15, -0.1) is 10.2 Å². The third kappa shape index (κ3) is 4.40. The van der Waals surface area contributed by atoms with Crippen molar-refractivity contribution in [1.82, 2.24) is 20.1 Å². The van der Waals surface area contributed by atoms with Crippen LogP contribution in [0, 0.1) is 19.7 Å². The van der Waals surface area contributed by atoms with E-state index in [1.165, 1.54) is 12.1 Å². The summed E-state index contributed by atoms with van der Waals surface area (Å²) >= 11 is 0. The van der Waals surface area contributed by atoms with Crippen molar-refractivity contribution in [2.75, 3.05) is 0 Å². The largest absolute Gasteiger partial charge is 0.416 e. The zero-order valence-electron chi connectivity index (χ0n) is 17.6. The Hall–Kier alpha value is -3.74. The summed E-state index contributed by atoms with van der Waals surface area (Å²) in [6.07, 6.45) is 0. The molecule has 0 aliphatic rings. The van der Waals surface area contributed by atoms with E-state index in [0.717, 1.165) is 22.5 Å². The van der Waals surface area contributed by atoms with Gasteiger partial charge in [0, 0.05) is 17.0 Å². The highest BCUT2D eigenvalue weighted by Gasteiger charge is 2.19. The fraction of sp³-hybridized carbons (Fsp3) is 0.208. The van der Waals surface area contributed by atoms with Gasteiger partial charge in [0.1, 0.15) is 12.4 Å². The van der Waals surface area contributed by atoms with E-state index < -0.39 is 0 Å². The molecule has 1 unspecified atom stereocenters. The Morgan fingerprint density at radius 2 is 1.74 bits per heavy atom. The molecule has 1 N–H and O–H groups in total. The average Bonchev–Trinajstić information content (AvgIpc) is 3.35. The van der Waals surface area contributed by atoms with E-state index in [1.54, 1.807) is 12.1 Å². The molecule has 31 heavy (non-hydrogen) atoms. The Labute approximate surface area is 179 Å². The second kappa shape index (κ2) is 8.55. The lowest BCUT2D eigenvalue weighted by Gasteiger charge is -2.16. The van der Waals surface area contributed by atoms with Gasteiger partial charge in [0.05, 0.1) is 11.6 Å². The molecule has 2 heterocycles. The molecule has 158 valence electrons. The second-order valence-electron chi connectivity index (χ2n) is 7.49. The van der Waals surface area contributed by atoms with E-state index in [2.05, 4.69) is 15.5 Å². The van der Waals surface area contributed by atoms with E-state index in [1.807, 2.05) is 61.7 Å². The highest BCUT2D eigenvalue weighted by atomic mass is 19.1. The van der Waals surface area contributed by atoms with E-state index >= 15 is 0 Å². The lowest BCUT2D eigenvalue weighted by atomic mass is 10.1. The molecule has 4 rings (SSSR count). The van der Waals surface area contributed by atoms with Crippen molar-refractivity contribution in [2.24, 2.45) is 0 Å². The number of hydrogen-bond donors (Lipinski definition) is 1. The minimum atomic E-state index is -0.327. The van der Waals surface area contributed by atoms with E-state index in [4.69, 9.17) is 4.42 Å². The summed E-state index contributed by atoms with van der Waals surface area (Å²) in [5, 5.41) is 11.3. The van der Waals surface area contributed by atoms with Gasteiger partial charge in [-0.2, -0.15) is 0 Å². The number of rotatable bonds is 6. The van der Waals surface area contributed by atoms with Crippen LogP contribution < -0.4 is 5.32 Å². The van der Waals surface area contributed by atoms with Gasteiger partial charge in [0.2, 0.25) is 17.7 Å². The van der Waals surface area contributed by atoms with Gasteiger partial charge in [0.25, 0.3) is 0 Å². The Kier molecular flexibility index (Phi) is 5.66. The van der Waals surface area contributed by atoms with Crippen molar-refractivity contribution in [3.63, 3.8) is 0 Å². The Morgan fingerprint density at radius 1 is 1.06 bits per heavy atom. The first-order chi connectivity index (χ1) is 14.9. The SMILES string of the molecule is Cc1cc(-c2nnc(-c3ccc(F)cc3)o2)c(C)n1CC(=O)NC(C)c1ccccc1. The van der Waals surface area contributed by atoms with E-state index in [-0.39, 0.29) is 24.3 Å². The van der Waals surface area contributed by atoms with Crippen molar-refractivity contribution < 1.29 is 13.6 Å². The van der Waals surface area contributed by atoms with Crippen molar-refractivity contribution >= 4 is 5.91 Å². The van der Waals surface area contributed by atoms with Crippen LogP contribution in [-0.4, -0.2) is 20.7 Å². The molecular weight excluding hydrogens is 395 g/mol. The Balaban J connectivity index is 1.51. The predicted octanol–water partition coefficient (Wildman–Crippen LogP) is 4.84. The highest BCUT2D eigenvalue weighted by Crippen LogP contribution is 2.28. The number of nitrogens with zero attached hydrogens (tertiary/aromatic N) is 3. The van der Waals surface area contributed by atoms with Gasteiger partial charge in [-0.25, -0.2) is 4.39 Å². The number of hydrogen-bond acceptors (Lipinski definition) is 4. The van der Waals surface area contributed by atoms with Crippen LogP contribution in [0.5, 0.6) is 0 Å². The minimum absolute atomic E-state index is 0.0813. The fourth-order valence-corrected chi connectivity index (χ4v) is 3.56. The third-order valence-corrected chi connectivity index (χ3v) is 5.30. The van der Waals surface area contributed by atoms with Crippen LogP contribution in [0.2, 0.25) is 0 Å². The molecule has 0 saturated carbocycles. The maximum absolute atomic E-state index is 13.2. The summed E-state index contributed by atoms with van der Waals surface area (Å²) in [4.78, 5) is 12.6. The van der Waals surface area contributed by atoms with E-state index in [9.17, 15) is 9.18 Å². The normalized spacial score (nSPS) is 12.0. The molecule has 6 nitrogen and oxygen atoms in total. The summed E-state index contributed by atoms with van der Waals surface area (Å²) in [7, 11) is 0. The first-order valence-corrected chi connectivity index (χ1v) is 10.0. The fourth-order valence-electron chi connectivity index (χ4n) is 3.56. The number of halogens is 1. The van der Waals surface area contributed by atoms with Crippen LogP contribution in [0.15, 0.2) is 65.1 Å². The van der Waals surface area contributed by atoms with Crippen molar-refractivity contribution in [3.05, 3.63) is 83.4 Å². The number of carbonyl (C=O) groups is 1. The first-order valence-electron chi connectivity index (χ1n) is 10.0. The second-order valence-corrected chi connectivity index (χ2v) is 7.49. The Bertz CT molecular complexity index is 1200. The lowest BCUT2D eigenvalue weighted by molar-refractivity contribution is -0.122. The average molecular weight is 418 g/mol. The molecule has 2 aromatic carbocycles. The zero-order chi connectivity index (χ0) is 22.0. The number of aryl methyl sites for hydroxylation is 1. The van der Waals surface area contributed by atoms with Crippen LogP contribution in [-0.2, 0) is 11.3 Å². The molecule has 1 atom stereocenters. The van der Waals surface area contributed by atoms with Gasteiger partial charge in [0.15, 0.2) is 0 Å². The van der Waals surface area contributed by atoms with Crippen molar-refractivity contribution in [1.29, 1.82) is 0 Å². The molecular formula is C24H23FN4O2. The predicted molar refractivity (Wildman–Crippen MR) is 116 cm³/mol. The highest BCUT2D eigenvalue weighted by molar-refractivity contribution is 5.77. The molecule has 0 aliphatic heterocycles.